The highest BCUT2D eigenvalue weighted by Crippen LogP contribution is 2.33. The maximum Gasteiger partial charge on any atom is 0.270 e. The van der Waals surface area contributed by atoms with Gasteiger partial charge in [-0.05, 0) is 50.6 Å². The zero-order chi connectivity index (χ0) is 25.2. The van der Waals surface area contributed by atoms with Crippen molar-refractivity contribution in [2.24, 2.45) is 0 Å². The molecule has 1 N–H and O–H groups in total. The number of amides is 4. The van der Waals surface area contributed by atoms with Gasteiger partial charge in [0.2, 0.25) is 11.8 Å². The molecule has 1 fully saturated rings. The van der Waals surface area contributed by atoms with E-state index in [1.54, 1.807) is 38.1 Å². The molecule has 0 aromatic heterocycles. The normalized spacial score (nSPS) is 15.9. The Bertz CT molecular complexity index is 1160. The van der Waals surface area contributed by atoms with Crippen LogP contribution in [0.5, 0.6) is 0 Å². The molecule has 0 saturated carbocycles. The number of nitro groups is 1. The summed E-state index contributed by atoms with van der Waals surface area (Å²) in [6.07, 6.45) is 0.271. The molecule has 0 bridgehead atoms. The summed E-state index contributed by atoms with van der Waals surface area (Å²) in [6, 6.07) is 10.5. The van der Waals surface area contributed by atoms with Gasteiger partial charge in [-0.2, -0.15) is 0 Å². The van der Waals surface area contributed by atoms with Crippen molar-refractivity contribution in [3.63, 3.8) is 0 Å². The van der Waals surface area contributed by atoms with Crippen molar-refractivity contribution in [2.45, 2.75) is 52.1 Å². The van der Waals surface area contributed by atoms with E-state index in [2.05, 4.69) is 5.32 Å². The fourth-order valence-corrected chi connectivity index (χ4v) is 3.89. The van der Waals surface area contributed by atoms with Crippen LogP contribution in [0.2, 0.25) is 0 Å². The van der Waals surface area contributed by atoms with E-state index in [9.17, 15) is 29.3 Å². The molecule has 1 heterocycles. The van der Waals surface area contributed by atoms with Gasteiger partial charge in [0.15, 0.2) is 0 Å². The Kier molecular flexibility index (Phi) is 6.80. The van der Waals surface area contributed by atoms with E-state index in [0.29, 0.717) is 17.8 Å². The molecule has 1 aliphatic rings. The van der Waals surface area contributed by atoms with E-state index < -0.39 is 34.2 Å². The highest BCUT2D eigenvalue weighted by molar-refractivity contribution is 6.23. The summed E-state index contributed by atoms with van der Waals surface area (Å²) >= 11 is 0. The number of hydrogen-bond acceptors (Lipinski definition) is 6. The van der Waals surface area contributed by atoms with Gasteiger partial charge in [-0.3, -0.25) is 29.3 Å². The summed E-state index contributed by atoms with van der Waals surface area (Å²) < 4.78 is 0. The number of carbonyl (C=O) groups is 4. The Hall–Kier alpha value is -4.08. The third-order valence-electron chi connectivity index (χ3n) is 5.92. The lowest BCUT2D eigenvalue weighted by atomic mass is 9.94. The van der Waals surface area contributed by atoms with Crippen LogP contribution in [0.3, 0.4) is 0 Å². The molecule has 34 heavy (non-hydrogen) atoms. The van der Waals surface area contributed by atoms with Crippen molar-refractivity contribution in [3.8, 4) is 0 Å². The average Bonchev–Trinajstić information content (AvgIpc) is 3.07. The Balaban J connectivity index is 1.97. The minimum absolute atomic E-state index is 0.0640. The van der Waals surface area contributed by atoms with Gasteiger partial charge in [0.05, 0.1) is 17.0 Å². The Labute approximate surface area is 196 Å². The molecule has 10 nitrogen and oxygen atoms in total. The van der Waals surface area contributed by atoms with Crippen molar-refractivity contribution in [3.05, 3.63) is 64.2 Å². The highest BCUT2D eigenvalue weighted by Gasteiger charge is 2.48. The van der Waals surface area contributed by atoms with Crippen LogP contribution in [0.1, 0.15) is 50.9 Å². The Morgan fingerprint density at radius 3 is 2.38 bits per heavy atom. The first-order valence-electron chi connectivity index (χ1n) is 10.8. The molecule has 10 heteroatoms. The zero-order valence-electron chi connectivity index (χ0n) is 19.4. The number of carbonyl (C=O) groups excluding carboxylic acids is 4. The number of nitrogens with zero attached hydrogens (tertiary/aromatic N) is 3. The van der Waals surface area contributed by atoms with E-state index >= 15 is 0 Å². The molecule has 4 amide bonds. The largest absolute Gasteiger partial charge is 0.326 e. The van der Waals surface area contributed by atoms with E-state index in [1.165, 1.54) is 36.1 Å². The fourth-order valence-electron chi connectivity index (χ4n) is 3.89. The predicted molar refractivity (Wildman–Crippen MR) is 125 cm³/mol. The molecule has 1 saturated heterocycles. The molecular weight excluding hydrogens is 440 g/mol. The molecule has 1 unspecified atom stereocenters. The summed E-state index contributed by atoms with van der Waals surface area (Å²) in [5.74, 6) is -1.84. The second-order valence-electron chi connectivity index (χ2n) is 8.66. The van der Waals surface area contributed by atoms with E-state index in [-0.39, 0.29) is 23.6 Å². The maximum absolute atomic E-state index is 13.5. The third kappa shape index (κ3) is 4.80. The number of non-ortho nitro benzene ring substituents is 1. The lowest BCUT2D eigenvalue weighted by Gasteiger charge is -2.41. The van der Waals surface area contributed by atoms with E-state index in [0.717, 1.165) is 4.90 Å². The lowest BCUT2D eigenvalue weighted by Crippen LogP contribution is -2.55. The molecule has 1 aliphatic heterocycles. The van der Waals surface area contributed by atoms with Crippen molar-refractivity contribution in [1.29, 1.82) is 0 Å². The summed E-state index contributed by atoms with van der Waals surface area (Å²) in [6.45, 7) is 6.79. The van der Waals surface area contributed by atoms with Gasteiger partial charge in [0, 0.05) is 35.8 Å². The molecule has 1 atom stereocenters. The van der Waals surface area contributed by atoms with Crippen molar-refractivity contribution < 1.29 is 24.1 Å². The van der Waals surface area contributed by atoms with Crippen molar-refractivity contribution in [2.75, 3.05) is 10.2 Å². The van der Waals surface area contributed by atoms with Gasteiger partial charge in [-0.25, -0.2) is 4.90 Å². The van der Waals surface area contributed by atoms with Crippen molar-refractivity contribution >= 4 is 40.7 Å². The molecule has 0 spiro atoms. The zero-order valence-corrected chi connectivity index (χ0v) is 19.4. The first kappa shape index (κ1) is 24.6. The molecule has 2 aromatic carbocycles. The lowest BCUT2D eigenvalue weighted by molar-refractivity contribution is -0.384. The standard InChI is InChI=1S/C24H26N4O6/c1-5-24(3,4)27(22(31)16-7-6-8-19(13-16)28(33)34)20-14-21(30)26(23(20)32)18-11-9-17(10-12-18)25-15(2)29/h6-13,20H,5,14H2,1-4H3,(H,25,29). The molecule has 2 aromatic rings. The van der Waals surface area contributed by atoms with Crippen LogP contribution in [0.15, 0.2) is 48.5 Å². The van der Waals surface area contributed by atoms with Crippen LogP contribution < -0.4 is 10.2 Å². The average molecular weight is 466 g/mol. The van der Waals surface area contributed by atoms with E-state index in [1.807, 2.05) is 6.92 Å². The highest BCUT2D eigenvalue weighted by atomic mass is 16.6. The van der Waals surface area contributed by atoms with Crippen molar-refractivity contribution in [1.82, 2.24) is 4.90 Å². The first-order chi connectivity index (χ1) is 16.0. The third-order valence-corrected chi connectivity index (χ3v) is 5.92. The number of nitrogens with one attached hydrogen (secondary N) is 1. The second-order valence-corrected chi connectivity index (χ2v) is 8.66. The SMILES string of the molecule is CCC(C)(C)N(C(=O)c1cccc([N+](=O)[O-])c1)C1CC(=O)N(c2ccc(NC(C)=O)cc2)C1=O. The number of imide groups is 1. The van der Waals surface area contributed by atoms with E-state index in [4.69, 9.17) is 0 Å². The molecule has 178 valence electrons. The number of anilines is 2. The summed E-state index contributed by atoms with van der Waals surface area (Å²) in [7, 11) is 0. The van der Waals surface area contributed by atoms with Crippen LogP contribution in [-0.2, 0) is 14.4 Å². The maximum atomic E-state index is 13.5. The topological polar surface area (TPSA) is 130 Å². The quantitative estimate of drug-likeness (QED) is 0.377. The smallest absolute Gasteiger partial charge is 0.270 e. The molecule has 0 aliphatic carbocycles. The van der Waals surface area contributed by atoms with Gasteiger partial charge < -0.3 is 10.2 Å². The number of hydrogen-bond donors (Lipinski definition) is 1. The Morgan fingerprint density at radius 1 is 1.18 bits per heavy atom. The van der Waals surface area contributed by atoms with Crippen LogP contribution >= 0.6 is 0 Å². The van der Waals surface area contributed by atoms with Gasteiger partial charge in [0.25, 0.3) is 17.5 Å². The first-order valence-corrected chi connectivity index (χ1v) is 10.8. The minimum atomic E-state index is -1.07. The second kappa shape index (κ2) is 9.42. The fraction of sp³-hybridized carbons (Fsp3) is 0.333. The number of nitro benzene ring substituents is 1. The van der Waals surface area contributed by atoms with Crippen LogP contribution in [-0.4, -0.2) is 45.0 Å². The van der Waals surface area contributed by atoms with Gasteiger partial charge in [0.1, 0.15) is 6.04 Å². The molecular formula is C24H26N4O6. The van der Waals surface area contributed by atoms with Gasteiger partial charge in [-0.15, -0.1) is 0 Å². The summed E-state index contributed by atoms with van der Waals surface area (Å²) in [5, 5.41) is 13.8. The predicted octanol–water partition coefficient (Wildman–Crippen LogP) is 3.52. The summed E-state index contributed by atoms with van der Waals surface area (Å²) in [5.41, 5.74) is -0.151. The Morgan fingerprint density at radius 2 is 1.82 bits per heavy atom. The van der Waals surface area contributed by atoms with Crippen LogP contribution in [0.25, 0.3) is 0 Å². The molecule has 0 radical (unpaired) electrons. The number of benzene rings is 2. The molecule has 3 rings (SSSR count). The van der Waals surface area contributed by atoms with Crippen LogP contribution in [0.4, 0.5) is 17.1 Å². The van der Waals surface area contributed by atoms with Gasteiger partial charge in [-0.1, -0.05) is 13.0 Å². The summed E-state index contributed by atoms with van der Waals surface area (Å²) in [4.78, 5) is 64.1. The monoisotopic (exact) mass is 466 g/mol. The van der Waals surface area contributed by atoms with Crippen LogP contribution in [0, 0.1) is 10.1 Å². The van der Waals surface area contributed by atoms with Gasteiger partial charge >= 0.3 is 0 Å². The minimum Gasteiger partial charge on any atom is -0.326 e. The number of rotatable bonds is 7.